The fourth-order valence-electron chi connectivity index (χ4n) is 1.39. The first-order chi connectivity index (χ1) is 9.08. The number of hydrogen-bond donors (Lipinski definition) is 0. The van der Waals surface area contributed by atoms with Crippen molar-refractivity contribution in [2.24, 2.45) is 0 Å². The fraction of sp³-hybridized carbons (Fsp3) is 0.308. The second-order valence-electron chi connectivity index (χ2n) is 3.64. The largest absolute Gasteiger partial charge is 0.449 e. The Kier molecular flexibility index (Phi) is 5.83. The van der Waals surface area contributed by atoms with Crippen LogP contribution in [-0.2, 0) is 16.1 Å². The number of ether oxygens (including phenoxy) is 1. The molecule has 0 saturated heterocycles. The normalized spacial score (nSPS) is 9.53. The molecule has 0 unspecified atom stereocenters. The van der Waals surface area contributed by atoms with Gasteiger partial charge in [0, 0.05) is 5.02 Å². The summed E-state index contributed by atoms with van der Waals surface area (Å²) in [6.45, 7) is 1.86. The lowest BCUT2D eigenvalue weighted by atomic mass is 10.2. The third kappa shape index (κ3) is 4.60. The number of carbonyl (C=O) groups is 2. The number of amides is 2. The second-order valence-corrected chi connectivity index (χ2v) is 4.08. The van der Waals surface area contributed by atoms with Crippen molar-refractivity contribution in [3.8, 4) is 6.07 Å². The molecule has 6 heteroatoms. The van der Waals surface area contributed by atoms with Gasteiger partial charge in [0.1, 0.15) is 6.42 Å². The second kappa shape index (κ2) is 7.39. The zero-order valence-corrected chi connectivity index (χ0v) is 11.2. The first-order valence-electron chi connectivity index (χ1n) is 5.67. The molecule has 1 rings (SSSR count). The van der Waals surface area contributed by atoms with Crippen molar-refractivity contribution in [1.82, 2.24) is 4.90 Å². The average molecular weight is 281 g/mol. The van der Waals surface area contributed by atoms with Crippen LogP contribution in [0.25, 0.3) is 0 Å². The van der Waals surface area contributed by atoms with Crippen LogP contribution in [0.1, 0.15) is 18.9 Å². The Morgan fingerprint density at radius 1 is 1.37 bits per heavy atom. The van der Waals surface area contributed by atoms with E-state index in [1.807, 2.05) is 0 Å². The topological polar surface area (TPSA) is 70.4 Å². The molecule has 0 aromatic heterocycles. The quantitative estimate of drug-likeness (QED) is 0.850. The molecule has 0 N–H and O–H groups in total. The van der Waals surface area contributed by atoms with Gasteiger partial charge in [0.15, 0.2) is 0 Å². The van der Waals surface area contributed by atoms with E-state index in [4.69, 9.17) is 21.6 Å². The Morgan fingerprint density at radius 2 is 2.00 bits per heavy atom. The highest BCUT2D eigenvalue weighted by Crippen LogP contribution is 2.13. The van der Waals surface area contributed by atoms with Gasteiger partial charge >= 0.3 is 6.09 Å². The third-order valence-electron chi connectivity index (χ3n) is 2.27. The number of hydrogen-bond acceptors (Lipinski definition) is 4. The molecule has 1 aromatic rings. The Morgan fingerprint density at radius 3 is 2.53 bits per heavy atom. The third-order valence-corrected chi connectivity index (χ3v) is 2.53. The van der Waals surface area contributed by atoms with E-state index in [2.05, 4.69) is 0 Å². The maximum atomic E-state index is 11.7. The Bertz CT molecular complexity index is 494. The summed E-state index contributed by atoms with van der Waals surface area (Å²) in [7, 11) is 0. The first kappa shape index (κ1) is 15.0. The number of rotatable bonds is 4. The molecular weight excluding hydrogens is 268 g/mol. The minimum absolute atomic E-state index is 0.0521. The van der Waals surface area contributed by atoms with Crippen LogP contribution in [0, 0.1) is 11.3 Å². The number of benzene rings is 1. The predicted octanol–water partition coefficient (Wildman–Crippen LogP) is 2.74. The molecule has 2 amide bonds. The van der Waals surface area contributed by atoms with E-state index in [1.54, 1.807) is 37.3 Å². The molecule has 19 heavy (non-hydrogen) atoms. The van der Waals surface area contributed by atoms with Gasteiger partial charge in [0.05, 0.1) is 19.2 Å². The van der Waals surface area contributed by atoms with E-state index < -0.39 is 12.0 Å². The van der Waals surface area contributed by atoms with Crippen LogP contribution in [0.4, 0.5) is 4.79 Å². The molecule has 0 fully saturated rings. The van der Waals surface area contributed by atoms with Gasteiger partial charge < -0.3 is 4.74 Å². The molecule has 5 nitrogen and oxygen atoms in total. The summed E-state index contributed by atoms with van der Waals surface area (Å²) >= 11 is 5.76. The maximum absolute atomic E-state index is 11.7. The number of nitriles is 1. The van der Waals surface area contributed by atoms with Crippen LogP contribution in [0.3, 0.4) is 0 Å². The minimum Gasteiger partial charge on any atom is -0.449 e. The lowest BCUT2D eigenvalue weighted by molar-refractivity contribution is -0.128. The van der Waals surface area contributed by atoms with Gasteiger partial charge in [-0.05, 0) is 24.6 Å². The predicted molar refractivity (Wildman–Crippen MR) is 69.3 cm³/mol. The van der Waals surface area contributed by atoms with E-state index in [-0.39, 0.29) is 19.6 Å². The molecule has 0 aliphatic heterocycles. The van der Waals surface area contributed by atoms with Gasteiger partial charge in [-0.3, -0.25) is 4.79 Å². The average Bonchev–Trinajstić information content (AvgIpc) is 2.38. The van der Waals surface area contributed by atoms with Gasteiger partial charge in [-0.1, -0.05) is 23.7 Å². The number of imide groups is 1. The molecular formula is C13H13ClN2O3. The highest BCUT2D eigenvalue weighted by atomic mass is 35.5. The van der Waals surface area contributed by atoms with E-state index in [1.165, 1.54) is 0 Å². The van der Waals surface area contributed by atoms with Gasteiger partial charge in [-0.25, -0.2) is 9.69 Å². The molecule has 1 aromatic carbocycles. The Balaban J connectivity index is 2.85. The minimum atomic E-state index is -0.752. The van der Waals surface area contributed by atoms with Gasteiger partial charge in [0.2, 0.25) is 5.91 Å². The molecule has 0 radical (unpaired) electrons. The van der Waals surface area contributed by atoms with Crippen LogP contribution < -0.4 is 0 Å². The fourth-order valence-corrected chi connectivity index (χ4v) is 1.52. The molecule has 0 bridgehead atoms. The van der Waals surface area contributed by atoms with Crippen molar-refractivity contribution < 1.29 is 14.3 Å². The summed E-state index contributed by atoms with van der Waals surface area (Å²) < 4.78 is 4.80. The molecule has 0 saturated carbocycles. The van der Waals surface area contributed by atoms with Crippen molar-refractivity contribution >= 4 is 23.6 Å². The smallest absolute Gasteiger partial charge is 0.416 e. The zero-order chi connectivity index (χ0) is 14.3. The van der Waals surface area contributed by atoms with Crippen LogP contribution in [0.15, 0.2) is 24.3 Å². The highest BCUT2D eigenvalue weighted by molar-refractivity contribution is 6.30. The van der Waals surface area contributed by atoms with Crippen LogP contribution in [0.5, 0.6) is 0 Å². The summed E-state index contributed by atoms with van der Waals surface area (Å²) in [4.78, 5) is 24.3. The zero-order valence-electron chi connectivity index (χ0n) is 10.4. The van der Waals surface area contributed by atoms with E-state index in [9.17, 15) is 9.59 Å². The van der Waals surface area contributed by atoms with Crippen LogP contribution in [0.2, 0.25) is 5.02 Å². The lowest BCUT2D eigenvalue weighted by Gasteiger charge is -2.19. The van der Waals surface area contributed by atoms with Crippen molar-refractivity contribution in [2.45, 2.75) is 19.9 Å². The van der Waals surface area contributed by atoms with E-state index in [0.29, 0.717) is 5.02 Å². The van der Waals surface area contributed by atoms with Gasteiger partial charge in [-0.2, -0.15) is 5.26 Å². The van der Waals surface area contributed by atoms with Crippen LogP contribution in [-0.4, -0.2) is 23.5 Å². The molecule has 0 aliphatic carbocycles. The molecule has 0 atom stereocenters. The van der Waals surface area contributed by atoms with Crippen molar-refractivity contribution in [1.29, 1.82) is 5.26 Å². The Hall–Kier alpha value is -2.06. The SMILES string of the molecule is CCOC(=O)N(Cc1ccc(Cl)cc1)C(=O)CC#N. The summed E-state index contributed by atoms with van der Waals surface area (Å²) in [6.07, 6.45) is -1.12. The summed E-state index contributed by atoms with van der Waals surface area (Å²) in [5.74, 6) is -0.587. The van der Waals surface area contributed by atoms with Crippen LogP contribution >= 0.6 is 11.6 Å². The highest BCUT2D eigenvalue weighted by Gasteiger charge is 2.22. The number of halogens is 1. The standard InChI is InChI=1S/C13H13ClN2O3/c1-2-19-13(18)16(12(17)7-8-15)9-10-3-5-11(14)6-4-10/h3-6H,2,7,9H2,1H3. The van der Waals surface area contributed by atoms with E-state index in [0.717, 1.165) is 10.5 Å². The first-order valence-corrected chi connectivity index (χ1v) is 6.04. The molecule has 0 heterocycles. The van der Waals surface area contributed by atoms with Crippen molar-refractivity contribution in [3.63, 3.8) is 0 Å². The molecule has 0 aliphatic rings. The maximum Gasteiger partial charge on any atom is 0.416 e. The number of carbonyl (C=O) groups excluding carboxylic acids is 2. The van der Waals surface area contributed by atoms with Gasteiger partial charge in [-0.15, -0.1) is 0 Å². The Labute approximate surface area is 116 Å². The van der Waals surface area contributed by atoms with Crippen molar-refractivity contribution in [2.75, 3.05) is 6.61 Å². The summed E-state index contributed by atoms with van der Waals surface area (Å²) in [5, 5.41) is 9.10. The monoisotopic (exact) mass is 280 g/mol. The summed E-state index contributed by atoms with van der Waals surface area (Å²) in [6, 6.07) is 8.45. The summed E-state index contributed by atoms with van der Waals surface area (Å²) in [5.41, 5.74) is 0.726. The van der Waals surface area contributed by atoms with E-state index >= 15 is 0 Å². The molecule has 100 valence electrons. The molecule has 0 spiro atoms. The number of nitrogens with zero attached hydrogens (tertiary/aromatic N) is 2. The van der Waals surface area contributed by atoms with Crippen molar-refractivity contribution in [3.05, 3.63) is 34.9 Å². The lowest BCUT2D eigenvalue weighted by Crippen LogP contribution is -2.36. The van der Waals surface area contributed by atoms with Gasteiger partial charge in [0.25, 0.3) is 0 Å².